The lowest BCUT2D eigenvalue weighted by atomic mass is 9.77. The molecule has 1 aliphatic carbocycles. The smallest absolute Gasteiger partial charge is 0.251 e. The highest BCUT2D eigenvalue weighted by Crippen LogP contribution is 2.65. The molecule has 0 radical (unpaired) electrons. The van der Waals surface area contributed by atoms with Gasteiger partial charge in [-0.05, 0) is 63.5 Å². The molecule has 34 heavy (non-hydrogen) atoms. The Balaban J connectivity index is 1.45. The van der Waals surface area contributed by atoms with Crippen molar-refractivity contribution >= 4 is 16.8 Å². The van der Waals surface area contributed by atoms with Gasteiger partial charge in [-0.15, -0.1) is 0 Å². The summed E-state index contributed by atoms with van der Waals surface area (Å²) in [5.41, 5.74) is 0.574. The van der Waals surface area contributed by atoms with E-state index in [-0.39, 0.29) is 30.7 Å². The standard InChI is InChI=1S/C25H30F3N5O/c1-24(27,28)25(8-9-25)20(17-5-4-10-29-13-17)12-22(34)30-14-18(33(2)3)11-16-6-7-21-19(23(16)26)15-31-32-21/h4-7,10,13,15,18,20H,8-9,11-12,14H2,1-3H3,(H,30,34)(H,31,32)/t18-,20+/m0/s1. The number of alkyl halides is 2. The van der Waals surface area contributed by atoms with Gasteiger partial charge in [0.1, 0.15) is 5.82 Å². The van der Waals surface area contributed by atoms with Crippen LogP contribution in [0.25, 0.3) is 10.9 Å². The lowest BCUT2D eigenvalue weighted by Gasteiger charge is -2.32. The van der Waals surface area contributed by atoms with Gasteiger partial charge in [0.25, 0.3) is 5.92 Å². The Hall–Kier alpha value is -2.94. The molecule has 0 aliphatic heterocycles. The average Bonchev–Trinajstić information content (AvgIpc) is 3.47. The van der Waals surface area contributed by atoms with Gasteiger partial charge in [-0.25, -0.2) is 13.2 Å². The molecule has 0 spiro atoms. The Bertz CT molecular complexity index is 1140. The number of carbonyl (C=O) groups is 1. The predicted octanol–water partition coefficient (Wildman–Crippen LogP) is 4.30. The SMILES string of the molecule is CN(C)[C@H](CNC(=O)C[C@H](c1cccnc1)C1(C(C)(F)F)CC1)Cc1ccc2[nH]ncc2c1F. The van der Waals surface area contributed by atoms with E-state index in [0.29, 0.717) is 41.3 Å². The Morgan fingerprint density at radius 3 is 2.65 bits per heavy atom. The van der Waals surface area contributed by atoms with Crippen molar-refractivity contribution in [3.8, 4) is 0 Å². The number of H-pyrrole nitrogens is 1. The number of aromatic nitrogens is 3. The summed E-state index contributed by atoms with van der Waals surface area (Å²) in [6, 6.07) is 6.78. The number of nitrogens with zero attached hydrogens (tertiary/aromatic N) is 3. The van der Waals surface area contributed by atoms with Crippen LogP contribution in [0.5, 0.6) is 0 Å². The summed E-state index contributed by atoms with van der Waals surface area (Å²) in [4.78, 5) is 18.9. The van der Waals surface area contributed by atoms with E-state index < -0.39 is 17.3 Å². The van der Waals surface area contributed by atoms with Crippen LogP contribution in [0.15, 0.2) is 42.9 Å². The molecule has 182 valence electrons. The summed E-state index contributed by atoms with van der Waals surface area (Å²) in [6.45, 7) is 1.21. The molecular formula is C25H30F3N5O. The quantitative estimate of drug-likeness (QED) is 0.461. The van der Waals surface area contributed by atoms with Crippen molar-refractivity contribution in [2.75, 3.05) is 20.6 Å². The molecule has 4 rings (SSSR count). The maximum Gasteiger partial charge on any atom is 0.251 e. The number of amides is 1. The first-order chi connectivity index (χ1) is 16.1. The normalized spacial score (nSPS) is 17.0. The van der Waals surface area contributed by atoms with Gasteiger partial charge in [0.15, 0.2) is 0 Å². The van der Waals surface area contributed by atoms with Crippen LogP contribution in [-0.4, -0.2) is 58.6 Å². The third-order valence-electron chi connectivity index (χ3n) is 7.17. The minimum Gasteiger partial charge on any atom is -0.355 e. The minimum absolute atomic E-state index is 0.0510. The van der Waals surface area contributed by atoms with Crippen LogP contribution in [0.3, 0.4) is 0 Å². The van der Waals surface area contributed by atoms with Gasteiger partial charge in [0.05, 0.1) is 17.1 Å². The molecule has 1 amide bonds. The Morgan fingerprint density at radius 2 is 2.03 bits per heavy atom. The monoisotopic (exact) mass is 473 g/mol. The number of benzene rings is 1. The number of halogens is 3. The number of likely N-dealkylation sites (N-methyl/N-ethyl adjacent to an activating group) is 1. The third-order valence-corrected chi connectivity index (χ3v) is 7.17. The predicted molar refractivity (Wildman–Crippen MR) is 124 cm³/mol. The maximum absolute atomic E-state index is 14.9. The van der Waals surface area contributed by atoms with Gasteiger partial charge >= 0.3 is 0 Å². The van der Waals surface area contributed by atoms with Crippen molar-refractivity contribution in [1.82, 2.24) is 25.4 Å². The summed E-state index contributed by atoms with van der Waals surface area (Å²) >= 11 is 0. The average molecular weight is 474 g/mol. The summed E-state index contributed by atoms with van der Waals surface area (Å²) < 4.78 is 44.0. The number of hydrogen-bond donors (Lipinski definition) is 2. The van der Waals surface area contributed by atoms with Crippen LogP contribution in [0, 0.1) is 11.2 Å². The number of pyridine rings is 1. The van der Waals surface area contributed by atoms with Crippen LogP contribution in [0.1, 0.15) is 43.2 Å². The molecular weight excluding hydrogens is 443 g/mol. The van der Waals surface area contributed by atoms with Gasteiger partial charge < -0.3 is 10.2 Å². The molecule has 2 N–H and O–H groups in total. The highest BCUT2D eigenvalue weighted by Gasteiger charge is 2.63. The second-order valence-electron chi connectivity index (χ2n) is 9.58. The van der Waals surface area contributed by atoms with Crippen LogP contribution in [0.2, 0.25) is 0 Å². The van der Waals surface area contributed by atoms with Gasteiger partial charge in [0, 0.05) is 42.7 Å². The Labute approximate surface area is 196 Å². The summed E-state index contributed by atoms with van der Waals surface area (Å²) in [5.74, 6) is -4.16. The topological polar surface area (TPSA) is 73.9 Å². The van der Waals surface area contributed by atoms with E-state index in [1.807, 2.05) is 19.0 Å². The highest BCUT2D eigenvalue weighted by molar-refractivity contribution is 5.79. The number of rotatable bonds is 10. The number of aromatic amines is 1. The first-order valence-electron chi connectivity index (χ1n) is 11.4. The zero-order valence-corrected chi connectivity index (χ0v) is 19.6. The Morgan fingerprint density at radius 1 is 1.26 bits per heavy atom. The fraction of sp³-hybridized carbons (Fsp3) is 0.480. The first kappa shape index (κ1) is 24.2. The lowest BCUT2D eigenvalue weighted by molar-refractivity contribution is -0.123. The maximum atomic E-state index is 14.9. The number of fused-ring (bicyclic) bond motifs is 1. The van der Waals surface area contributed by atoms with Gasteiger partial charge in [0.2, 0.25) is 5.91 Å². The fourth-order valence-corrected chi connectivity index (χ4v) is 4.81. The molecule has 2 atom stereocenters. The van der Waals surface area contributed by atoms with Crippen molar-refractivity contribution in [2.24, 2.45) is 5.41 Å². The van der Waals surface area contributed by atoms with Crippen molar-refractivity contribution in [3.63, 3.8) is 0 Å². The van der Waals surface area contributed by atoms with Crippen LogP contribution in [0.4, 0.5) is 13.2 Å². The number of nitrogens with one attached hydrogen (secondary N) is 2. The highest BCUT2D eigenvalue weighted by atomic mass is 19.3. The van der Waals surface area contributed by atoms with Gasteiger partial charge in [-0.1, -0.05) is 12.1 Å². The third kappa shape index (κ3) is 4.80. The van der Waals surface area contributed by atoms with E-state index in [2.05, 4.69) is 20.5 Å². The van der Waals surface area contributed by atoms with Gasteiger partial charge in [-0.2, -0.15) is 5.10 Å². The zero-order chi connectivity index (χ0) is 24.5. The summed E-state index contributed by atoms with van der Waals surface area (Å²) in [7, 11) is 3.72. The lowest BCUT2D eigenvalue weighted by Crippen LogP contribution is -2.43. The zero-order valence-electron chi connectivity index (χ0n) is 19.6. The molecule has 9 heteroatoms. The van der Waals surface area contributed by atoms with E-state index in [0.717, 1.165) is 6.92 Å². The van der Waals surface area contributed by atoms with Crippen LogP contribution >= 0.6 is 0 Å². The largest absolute Gasteiger partial charge is 0.355 e. The van der Waals surface area contributed by atoms with E-state index in [9.17, 15) is 18.0 Å². The second-order valence-corrected chi connectivity index (χ2v) is 9.58. The molecule has 0 bridgehead atoms. The molecule has 1 saturated carbocycles. The first-order valence-corrected chi connectivity index (χ1v) is 11.4. The molecule has 6 nitrogen and oxygen atoms in total. The number of carbonyl (C=O) groups excluding carboxylic acids is 1. The molecule has 0 unspecified atom stereocenters. The molecule has 1 aliphatic rings. The summed E-state index contributed by atoms with van der Waals surface area (Å²) in [6.07, 6.45) is 5.69. The van der Waals surface area contributed by atoms with Crippen molar-refractivity contribution in [3.05, 3.63) is 59.8 Å². The van der Waals surface area contributed by atoms with E-state index in [1.165, 1.54) is 6.20 Å². The van der Waals surface area contributed by atoms with E-state index in [4.69, 9.17) is 0 Å². The molecule has 2 aromatic heterocycles. The molecule has 2 heterocycles. The van der Waals surface area contributed by atoms with E-state index in [1.54, 1.807) is 36.7 Å². The Kier molecular flexibility index (Phi) is 6.66. The van der Waals surface area contributed by atoms with Crippen molar-refractivity contribution < 1.29 is 18.0 Å². The fourth-order valence-electron chi connectivity index (χ4n) is 4.81. The van der Waals surface area contributed by atoms with Gasteiger partial charge in [-0.3, -0.25) is 14.9 Å². The molecule has 3 aromatic rings. The molecule has 0 saturated heterocycles. The summed E-state index contributed by atoms with van der Waals surface area (Å²) in [5, 5.41) is 9.95. The second kappa shape index (κ2) is 9.37. The molecule has 1 aromatic carbocycles. The van der Waals surface area contributed by atoms with E-state index >= 15 is 0 Å². The van der Waals surface area contributed by atoms with Crippen molar-refractivity contribution in [2.45, 2.75) is 50.5 Å². The van der Waals surface area contributed by atoms with Crippen LogP contribution in [-0.2, 0) is 11.2 Å². The minimum atomic E-state index is -2.90. The van der Waals surface area contributed by atoms with Crippen LogP contribution < -0.4 is 5.32 Å². The number of hydrogen-bond acceptors (Lipinski definition) is 4. The van der Waals surface area contributed by atoms with Crippen molar-refractivity contribution in [1.29, 1.82) is 0 Å². The molecule has 1 fully saturated rings.